The van der Waals surface area contributed by atoms with Crippen molar-refractivity contribution >= 4 is 30.7 Å². The van der Waals surface area contributed by atoms with Crippen molar-refractivity contribution in [3.8, 4) is 11.5 Å². The van der Waals surface area contributed by atoms with Crippen molar-refractivity contribution in [3.05, 3.63) is 23.8 Å². The minimum Gasteiger partial charge on any atom is -0.493 e. The molecule has 1 atom stereocenters. The van der Waals surface area contributed by atoms with E-state index in [1.807, 2.05) is 32.3 Å². The number of hydrogen-bond acceptors (Lipinski definition) is 5. The second kappa shape index (κ2) is 11.1. The molecular formula is C20H33Cl2N3O3. The predicted octanol–water partition coefficient (Wildman–Crippen LogP) is 2.49. The summed E-state index contributed by atoms with van der Waals surface area (Å²) < 4.78 is 11.2. The third kappa shape index (κ3) is 6.14. The summed E-state index contributed by atoms with van der Waals surface area (Å²) in [7, 11) is 5.67. The number of amides is 1. The molecule has 2 fully saturated rings. The second-order valence-corrected chi connectivity index (χ2v) is 7.72. The average Bonchev–Trinajstić information content (AvgIpc) is 3.33. The van der Waals surface area contributed by atoms with Gasteiger partial charge in [-0.3, -0.25) is 4.79 Å². The Labute approximate surface area is 180 Å². The van der Waals surface area contributed by atoms with Gasteiger partial charge in [-0.15, -0.1) is 24.8 Å². The molecule has 2 aliphatic rings. The summed E-state index contributed by atoms with van der Waals surface area (Å²) in [5, 5.41) is 6.48. The summed E-state index contributed by atoms with van der Waals surface area (Å²) in [5.74, 6) is 1.83. The Morgan fingerprint density at radius 2 is 1.96 bits per heavy atom. The first-order valence-electron chi connectivity index (χ1n) is 9.47. The molecule has 1 saturated carbocycles. The van der Waals surface area contributed by atoms with E-state index >= 15 is 0 Å². The van der Waals surface area contributed by atoms with Crippen LogP contribution in [0.1, 0.15) is 24.8 Å². The monoisotopic (exact) mass is 433 g/mol. The standard InChI is InChI=1S/C20H31N3O3.2ClH/c1-23(2)10-11-26-17-5-4-15(12-18(17)25-3)14-22-19(24)16-13-20(16)6-8-21-9-7-20;;/h4-5,12,16,21H,6-11,13-14H2,1-3H3,(H,22,24);2*1H. The van der Waals surface area contributed by atoms with Gasteiger partial charge in [0.2, 0.25) is 5.91 Å². The molecular weight excluding hydrogens is 401 g/mol. The summed E-state index contributed by atoms with van der Waals surface area (Å²) in [6.45, 7) is 4.06. The number of piperidine rings is 1. The van der Waals surface area contributed by atoms with E-state index in [9.17, 15) is 4.79 Å². The minimum atomic E-state index is 0. The summed E-state index contributed by atoms with van der Waals surface area (Å²) >= 11 is 0. The summed E-state index contributed by atoms with van der Waals surface area (Å²) in [4.78, 5) is 14.6. The van der Waals surface area contributed by atoms with Crippen LogP contribution in [0, 0.1) is 11.3 Å². The molecule has 0 radical (unpaired) electrons. The zero-order chi connectivity index (χ0) is 18.6. The van der Waals surface area contributed by atoms with Gasteiger partial charge in [-0.05, 0) is 69.6 Å². The number of methoxy groups -OCH3 is 1. The van der Waals surface area contributed by atoms with Crippen LogP contribution in [0.15, 0.2) is 18.2 Å². The maximum Gasteiger partial charge on any atom is 0.223 e. The third-order valence-electron chi connectivity index (χ3n) is 5.60. The van der Waals surface area contributed by atoms with E-state index in [2.05, 4.69) is 15.5 Å². The lowest BCUT2D eigenvalue weighted by molar-refractivity contribution is -0.123. The van der Waals surface area contributed by atoms with Crippen LogP contribution in [0.3, 0.4) is 0 Å². The van der Waals surface area contributed by atoms with E-state index in [0.29, 0.717) is 18.9 Å². The Kier molecular flexibility index (Phi) is 9.84. The van der Waals surface area contributed by atoms with Crippen LogP contribution in [0.5, 0.6) is 11.5 Å². The number of carbonyl (C=O) groups is 1. The van der Waals surface area contributed by atoms with E-state index < -0.39 is 0 Å². The number of nitrogens with zero attached hydrogens (tertiary/aromatic N) is 1. The SMILES string of the molecule is COc1cc(CNC(=O)C2CC23CCNCC3)ccc1OCCN(C)C.Cl.Cl. The van der Waals surface area contributed by atoms with Crippen LogP contribution in [0.4, 0.5) is 0 Å². The first kappa shape index (κ1) is 24.8. The van der Waals surface area contributed by atoms with E-state index in [1.165, 1.54) is 0 Å². The first-order valence-corrected chi connectivity index (χ1v) is 9.47. The second-order valence-electron chi connectivity index (χ2n) is 7.72. The Morgan fingerprint density at radius 1 is 1.25 bits per heavy atom. The van der Waals surface area contributed by atoms with E-state index in [4.69, 9.17) is 9.47 Å². The fourth-order valence-electron chi connectivity index (χ4n) is 3.79. The molecule has 2 N–H and O–H groups in total. The highest BCUT2D eigenvalue weighted by Crippen LogP contribution is 2.58. The molecule has 1 amide bonds. The van der Waals surface area contributed by atoms with Crippen molar-refractivity contribution in [3.63, 3.8) is 0 Å². The Balaban J connectivity index is 0.00000196. The first-order chi connectivity index (χ1) is 12.5. The number of likely N-dealkylation sites (N-methyl/N-ethyl adjacent to an activating group) is 1. The zero-order valence-electron chi connectivity index (χ0n) is 17.0. The number of nitrogens with one attached hydrogen (secondary N) is 2. The highest BCUT2D eigenvalue weighted by Gasteiger charge is 2.57. The number of hydrogen-bond donors (Lipinski definition) is 2. The molecule has 28 heavy (non-hydrogen) atoms. The number of carbonyl (C=O) groups excluding carboxylic acids is 1. The molecule has 1 spiro atoms. The molecule has 3 rings (SSSR count). The van der Waals surface area contributed by atoms with E-state index in [0.717, 1.165) is 50.2 Å². The average molecular weight is 434 g/mol. The van der Waals surface area contributed by atoms with Gasteiger partial charge in [0, 0.05) is 19.0 Å². The molecule has 1 unspecified atom stereocenters. The number of benzene rings is 1. The largest absolute Gasteiger partial charge is 0.493 e. The van der Waals surface area contributed by atoms with Gasteiger partial charge in [-0.2, -0.15) is 0 Å². The molecule has 0 bridgehead atoms. The Bertz CT molecular complexity index is 637. The van der Waals surface area contributed by atoms with Crippen molar-refractivity contribution in [2.45, 2.75) is 25.8 Å². The number of halogens is 2. The Morgan fingerprint density at radius 3 is 2.61 bits per heavy atom. The molecule has 160 valence electrons. The highest BCUT2D eigenvalue weighted by molar-refractivity contribution is 5.85. The topological polar surface area (TPSA) is 62.8 Å². The van der Waals surface area contributed by atoms with Gasteiger partial charge in [-0.1, -0.05) is 6.07 Å². The van der Waals surface area contributed by atoms with Gasteiger partial charge in [-0.25, -0.2) is 0 Å². The number of ether oxygens (including phenoxy) is 2. The maximum atomic E-state index is 12.5. The summed E-state index contributed by atoms with van der Waals surface area (Å²) in [5.41, 5.74) is 1.30. The van der Waals surface area contributed by atoms with Gasteiger partial charge in [0.1, 0.15) is 6.61 Å². The lowest BCUT2D eigenvalue weighted by atomic mass is 9.92. The van der Waals surface area contributed by atoms with Crippen molar-refractivity contribution in [1.82, 2.24) is 15.5 Å². The van der Waals surface area contributed by atoms with Crippen molar-refractivity contribution in [1.29, 1.82) is 0 Å². The Hall–Kier alpha value is -1.21. The van der Waals surface area contributed by atoms with Gasteiger partial charge in [0.25, 0.3) is 0 Å². The normalized spacial score (nSPS) is 19.4. The van der Waals surface area contributed by atoms with Crippen LogP contribution in [-0.2, 0) is 11.3 Å². The van der Waals surface area contributed by atoms with Gasteiger partial charge < -0.3 is 25.0 Å². The highest BCUT2D eigenvalue weighted by atomic mass is 35.5. The van der Waals surface area contributed by atoms with Gasteiger partial charge in [0.05, 0.1) is 7.11 Å². The molecule has 1 heterocycles. The fraction of sp³-hybridized carbons (Fsp3) is 0.650. The summed E-state index contributed by atoms with van der Waals surface area (Å²) in [6, 6.07) is 5.85. The van der Waals surface area contributed by atoms with E-state index in [1.54, 1.807) is 7.11 Å². The molecule has 8 heteroatoms. The van der Waals surface area contributed by atoms with Crippen LogP contribution in [-0.4, -0.2) is 58.3 Å². The van der Waals surface area contributed by atoms with Gasteiger partial charge in [0.15, 0.2) is 11.5 Å². The lowest BCUT2D eigenvalue weighted by Gasteiger charge is -2.23. The zero-order valence-corrected chi connectivity index (χ0v) is 18.6. The summed E-state index contributed by atoms with van der Waals surface area (Å²) in [6.07, 6.45) is 3.29. The smallest absolute Gasteiger partial charge is 0.223 e. The van der Waals surface area contributed by atoms with Crippen molar-refractivity contribution in [2.75, 3.05) is 47.4 Å². The molecule has 1 aliphatic carbocycles. The third-order valence-corrected chi connectivity index (χ3v) is 5.60. The van der Waals surface area contributed by atoms with Crippen molar-refractivity contribution in [2.24, 2.45) is 11.3 Å². The molecule has 1 aliphatic heterocycles. The molecule has 1 aromatic rings. The van der Waals surface area contributed by atoms with Crippen LogP contribution < -0.4 is 20.1 Å². The molecule has 1 saturated heterocycles. The fourth-order valence-corrected chi connectivity index (χ4v) is 3.79. The minimum absolute atomic E-state index is 0. The van der Waals surface area contributed by atoms with Crippen LogP contribution >= 0.6 is 24.8 Å². The molecule has 1 aromatic carbocycles. The van der Waals surface area contributed by atoms with Crippen molar-refractivity contribution < 1.29 is 14.3 Å². The number of rotatable bonds is 8. The molecule has 0 aromatic heterocycles. The van der Waals surface area contributed by atoms with E-state index in [-0.39, 0.29) is 42.1 Å². The van der Waals surface area contributed by atoms with Crippen LogP contribution in [0.25, 0.3) is 0 Å². The maximum absolute atomic E-state index is 12.5. The van der Waals surface area contributed by atoms with Gasteiger partial charge >= 0.3 is 0 Å². The predicted molar refractivity (Wildman–Crippen MR) is 116 cm³/mol. The van der Waals surface area contributed by atoms with Crippen LogP contribution in [0.2, 0.25) is 0 Å². The molecule has 6 nitrogen and oxygen atoms in total. The quantitative estimate of drug-likeness (QED) is 0.659. The lowest BCUT2D eigenvalue weighted by Crippen LogP contribution is -2.33.